The van der Waals surface area contributed by atoms with Crippen molar-refractivity contribution in [1.29, 1.82) is 5.26 Å². The third-order valence-electron chi connectivity index (χ3n) is 6.61. The molecule has 2 heterocycles. The topological polar surface area (TPSA) is 36.7 Å². The van der Waals surface area contributed by atoms with Crippen LogP contribution in [0.5, 0.6) is 0 Å². The Labute approximate surface area is 212 Å². The first-order valence-electron chi connectivity index (χ1n) is 12.2. The van der Waals surface area contributed by atoms with Gasteiger partial charge in [0, 0.05) is 27.2 Å². The first-order chi connectivity index (χ1) is 16.4. The van der Waals surface area contributed by atoms with Crippen LogP contribution in [0.15, 0.2) is 54.7 Å². The molecule has 0 amide bonds. The summed E-state index contributed by atoms with van der Waals surface area (Å²) in [5.41, 5.74) is 6.90. The number of pyridine rings is 1. The fourth-order valence-corrected chi connectivity index (χ4v) is 6.35. The molecule has 0 radical (unpaired) electrons. The monoisotopic (exact) mass is 476 g/mol. The zero-order chi connectivity index (χ0) is 25.1. The van der Waals surface area contributed by atoms with Crippen molar-refractivity contribution in [2.24, 2.45) is 5.41 Å². The van der Waals surface area contributed by atoms with Gasteiger partial charge in [0.25, 0.3) is 0 Å². The summed E-state index contributed by atoms with van der Waals surface area (Å²) in [7, 11) is 0. The lowest BCUT2D eigenvalue weighted by atomic mass is 9.84. The fourth-order valence-electron chi connectivity index (χ4n) is 4.98. The van der Waals surface area contributed by atoms with Crippen molar-refractivity contribution in [3.05, 3.63) is 77.0 Å². The normalized spacial score (nSPS) is 12.5. The van der Waals surface area contributed by atoms with Gasteiger partial charge in [0.1, 0.15) is 6.07 Å². The Morgan fingerprint density at radius 2 is 1.63 bits per heavy atom. The fraction of sp³-hybridized carbons (Fsp3) is 0.312. The van der Waals surface area contributed by atoms with Gasteiger partial charge in [-0.1, -0.05) is 83.5 Å². The van der Waals surface area contributed by atoms with Crippen LogP contribution in [0.3, 0.4) is 0 Å². The lowest BCUT2D eigenvalue weighted by Gasteiger charge is -2.21. The number of hydrogen-bond acceptors (Lipinski definition) is 3. The molecule has 3 heteroatoms. The van der Waals surface area contributed by atoms with Gasteiger partial charge in [-0.05, 0) is 58.2 Å². The van der Waals surface area contributed by atoms with Crippen molar-refractivity contribution in [1.82, 2.24) is 4.98 Å². The van der Waals surface area contributed by atoms with Gasteiger partial charge >= 0.3 is 0 Å². The quantitative estimate of drug-likeness (QED) is 0.254. The molecule has 35 heavy (non-hydrogen) atoms. The third kappa shape index (κ3) is 4.32. The van der Waals surface area contributed by atoms with E-state index in [0.29, 0.717) is 5.56 Å². The van der Waals surface area contributed by atoms with E-state index in [1.54, 1.807) is 17.5 Å². The molecule has 2 nitrogen and oxygen atoms in total. The van der Waals surface area contributed by atoms with Crippen LogP contribution in [0.4, 0.5) is 0 Å². The predicted molar refractivity (Wildman–Crippen MR) is 151 cm³/mol. The minimum atomic E-state index is 0.0492. The highest BCUT2D eigenvalue weighted by Gasteiger charge is 2.20. The molecule has 0 fully saturated rings. The third-order valence-corrected chi connectivity index (χ3v) is 7.86. The second kappa shape index (κ2) is 8.18. The highest BCUT2D eigenvalue weighted by Crippen LogP contribution is 2.44. The average Bonchev–Trinajstić information content (AvgIpc) is 3.16. The molecule has 0 saturated heterocycles. The minimum Gasteiger partial charge on any atom is -0.253 e. The van der Waals surface area contributed by atoms with Gasteiger partial charge in [0.15, 0.2) is 0 Å². The maximum Gasteiger partial charge on any atom is 0.101 e. The lowest BCUT2D eigenvalue weighted by molar-refractivity contribution is 0.411. The van der Waals surface area contributed by atoms with Crippen LogP contribution < -0.4 is 0 Å². The summed E-state index contributed by atoms with van der Waals surface area (Å²) in [4.78, 5) is 4.83. The Hall–Kier alpha value is -3.22. The van der Waals surface area contributed by atoms with E-state index in [2.05, 4.69) is 103 Å². The molecule has 0 aliphatic heterocycles. The summed E-state index contributed by atoms with van der Waals surface area (Å²) in [5, 5.41) is 14.6. The molecule has 0 N–H and O–H groups in total. The van der Waals surface area contributed by atoms with Crippen LogP contribution in [0.2, 0.25) is 0 Å². The number of rotatable bonds is 2. The summed E-state index contributed by atoms with van der Waals surface area (Å²) >= 11 is 1.77. The summed E-state index contributed by atoms with van der Waals surface area (Å²) in [6.45, 7) is 15.7. The molecule has 0 saturated carbocycles. The first-order valence-corrected chi connectivity index (χ1v) is 13.1. The van der Waals surface area contributed by atoms with Crippen molar-refractivity contribution in [2.75, 3.05) is 0 Å². The second-order valence-corrected chi connectivity index (χ2v) is 13.0. The number of nitriles is 1. The van der Waals surface area contributed by atoms with Gasteiger partial charge in [0.05, 0.1) is 16.0 Å². The Balaban J connectivity index is 1.79. The number of hydrogen-bond donors (Lipinski definition) is 0. The zero-order valence-corrected chi connectivity index (χ0v) is 22.5. The summed E-state index contributed by atoms with van der Waals surface area (Å²) < 4.78 is 2.32. The van der Waals surface area contributed by atoms with E-state index in [9.17, 15) is 5.26 Å². The Kier molecular flexibility index (Phi) is 5.49. The maximum atomic E-state index is 9.94. The first kappa shape index (κ1) is 23.5. The van der Waals surface area contributed by atoms with E-state index in [-0.39, 0.29) is 10.8 Å². The molecule has 5 aromatic rings. The molecule has 0 aliphatic carbocycles. The van der Waals surface area contributed by atoms with E-state index in [1.807, 2.05) is 0 Å². The highest BCUT2D eigenvalue weighted by atomic mass is 32.1. The predicted octanol–water partition coefficient (Wildman–Crippen LogP) is 9.34. The van der Waals surface area contributed by atoms with Crippen LogP contribution in [-0.4, -0.2) is 4.98 Å². The molecule has 0 bridgehead atoms. The van der Waals surface area contributed by atoms with E-state index in [1.165, 1.54) is 32.2 Å². The molecule has 176 valence electrons. The van der Waals surface area contributed by atoms with Crippen molar-refractivity contribution in [3.63, 3.8) is 0 Å². The van der Waals surface area contributed by atoms with Crippen molar-refractivity contribution in [2.45, 2.75) is 60.3 Å². The number of fused-ring (bicyclic) bond motifs is 5. The number of nitrogens with zero attached hydrogens (tertiary/aromatic N) is 2. The largest absolute Gasteiger partial charge is 0.253 e. The molecule has 0 aliphatic rings. The van der Waals surface area contributed by atoms with E-state index >= 15 is 0 Å². The van der Waals surface area contributed by atoms with Crippen LogP contribution in [-0.2, 0) is 11.8 Å². The van der Waals surface area contributed by atoms with Gasteiger partial charge in [-0.25, -0.2) is 0 Å². The Morgan fingerprint density at radius 1 is 0.886 bits per heavy atom. The summed E-state index contributed by atoms with van der Waals surface area (Å²) in [5.74, 6) is 0. The van der Waals surface area contributed by atoms with Crippen molar-refractivity contribution >= 4 is 42.3 Å². The van der Waals surface area contributed by atoms with Crippen LogP contribution in [0.1, 0.15) is 63.8 Å². The van der Waals surface area contributed by atoms with E-state index in [4.69, 9.17) is 4.98 Å². The van der Waals surface area contributed by atoms with E-state index in [0.717, 1.165) is 33.2 Å². The molecule has 5 rings (SSSR count). The van der Waals surface area contributed by atoms with Gasteiger partial charge in [-0.3, -0.25) is 4.98 Å². The minimum absolute atomic E-state index is 0.0492. The van der Waals surface area contributed by atoms with E-state index < -0.39 is 0 Å². The summed E-state index contributed by atoms with van der Waals surface area (Å²) in [6.07, 6.45) is 2.79. The Bertz CT molecular complexity index is 1650. The second-order valence-electron chi connectivity index (χ2n) is 12.0. The van der Waals surface area contributed by atoms with Gasteiger partial charge < -0.3 is 0 Å². The maximum absolute atomic E-state index is 9.94. The Morgan fingerprint density at radius 3 is 2.31 bits per heavy atom. The van der Waals surface area contributed by atoms with Crippen LogP contribution in [0, 0.1) is 23.7 Å². The SMILES string of the molecule is Cc1cc(-c2ncc(C#N)c3c2sc2c4ccc(CC(C)(C)C)cc4ccc23)cc(C(C)(C)C)c1. The zero-order valence-electron chi connectivity index (χ0n) is 21.7. The number of aryl methyl sites for hydroxylation is 1. The number of benzene rings is 3. The van der Waals surface area contributed by atoms with Crippen molar-refractivity contribution in [3.8, 4) is 17.3 Å². The smallest absolute Gasteiger partial charge is 0.101 e. The summed E-state index contributed by atoms with van der Waals surface area (Å²) in [6, 6.07) is 20.4. The van der Waals surface area contributed by atoms with Gasteiger partial charge in [0.2, 0.25) is 0 Å². The standard InChI is InChI=1S/C32H32N2S/c1-19-12-22(15-24(13-19)32(5,6)7)28-30-27(23(17-33)18-34-28)26-11-9-21-14-20(16-31(2,3)4)8-10-25(21)29(26)35-30/h8-15,18H,16H2,1-7H3. The number of aromatic nitrogens is 1. The molecule has 3 aromatic carbocycles. The van der Waals surface area contributed by atoms with Crippen LogP contribution in [0.25, 0.3) is 42.2 Å². The van der Waals surface area contributed by atoms with Gasteiger partial charge in [-0.15, -0.1) is 11.3 Å². The molecule has 0 unspecified atom stereocenters. The average molecular weight is 477 g/mol. The molecule has 2 aromatic heterocycles. The van der Waals surface area contributed by atoms with Crippen LogP contribution >= 0.6 is 11.3 Å². The van der Waals surface area contributed by atoms with Gasteiger partial charge in [-0.2, -0.15) is 5.26 Å². The molecule has 0 atom stereocenters. The molecular weight excluding hydrogens is 444 g/mol. The number of thiophene rings is 1. The molecular formula is C32H32N2S. The highest BCUT2D eigenvalue weighted by molar-refractivity contribution is 7.27. The molecule has 0 spiro atoms. The van der Waals surface area contributed by atoms with Crippen molar-refractivity contribution < 1.29 is 0 Å². The lowest BCUT2D eigenvalue weighted by Crippen LogP contribution is -2.11.